The van der Waals surface area contributed by atoms with Crippen molar-refractivity contribution in [2.75, 3.05) is 13.1 Å². The van der Waals surface area contributed by atoms with Gasteiger partial charge in [0.05, 0.1) is 19.2 Å². The minimum absolute atomic E-state index is 0.0104. The van der Waals surface area contributed by atoms with E-state index < -0.39 is 12.2 Å². The van der Waals surface area contributed by atoms with E-state index >= 15 is 0 Å². The SMILES string of the molecule is N#C[C@@H]1C[C@H](F)CN1C(=O)CNC12CCC(C(N)=O)(CC1)CC2. The van der Waals surface area contributed by atoms with Gasteiger partial charge in [0, 0.05) is 17.4 Å². The van der Waals surface area contributed by atoms with Crippen LogP contribution in [0.3, 0.4) is 0 Å². The first-order valence-electron chi connectivity index (χ1n) is 8.28. The van der Waals surface area contributed by atoms with Crippen LogP contribution in [-0.4, -0.2) is 47.6 Å². The Hall–Kier alpha value is -1.68. The topological polar surface area (TPSA) is 99.2 Å². The molecule has 2 atom stereocenters. The minimum Gasteiger partial charge on any atom is -0.369 e. The molecule has 0 aromatic carbocycles. The molecule has 0 unspecified atom stereocenters. The molecule has 3 aliphatic carbocycles. The molecule has 4 rings (SSSR count). The van der Waals surface area contributed by atoms with E-state index in [-0.39, 0.29) is 42.3 Å². The van der Waals surface area contributed by atoms with Gasteiger partial charge in [-0.2, -0.15) is 5.26 Å². The van der Waals surface area contributed by atoms with Crippen LogP contribution in [0.4, 0.5) is 4.39 Å². The summed E-state index contributed by atoms with van der Waals surface area (Å²) in [6.07, 6.45) is 3.78. The number of nitrogens with two attached hydrogens (primary N) is 1. The number of alkyl halides is 1. The molecule has 2 bridgehead atoms. The molecule has 0 aromatic heterocycles. The molecular weight excluding hydrogens is 299 g/mol. The Bertz CT molecular complexity index is 534. The predicted molar refractivity (Wildman–Crippen MR) is 80.7 cm³/mol. The van der Waals surface area contributed by atoms with E-state index in [0.717, 1.165) is 38.5 Å². The van der Waals surface area contributed by atoms with E-state index in [1.165, 1.54) is 4.90 Å². The third-order valence-corrected chi connectivity index (χ3v) is 6.10. The van der Waals surface area contributed by atoms with Crippen molar-refractivity contribution in [3.05, 3.63) is 0 Å². The first kappa shape index (κ1) is 16.2. The van der Waals surface area contributed by atoms with Gasteiger partial charge in [0.2, 0.25) is 11.8 Å². The number of likely N-dealkylation sites (tertiary alicyclic amines) is 1. The number of hydrogen-bond acceptors (Lipinski definition) is 4. The molecule has 0 spiro atoms. The van der Waals surface area contributed by atoms with Gasteiger partial charge in [-0.3, -0.25) is 9.59 Å². The third-order valence-electron chi connectivity index (χ3n) is 6.10. The molecule has 1 aliphatic heterocycles. The van der Waals surface area contributed by atoms with E-state index in [1.54, 1.807) is 0 Å². The smallest absolute Gasteiger partial charge is 0.237 e. The molecular formula is C16H23FN4O2. The van der Waals surface area contributed by atoms with E-state index in [0.29, 0.717) is 0 Å². The molecule has 1 saturated heterocycles. The number of amides is 2. The van der Waals surface area contributed by atoms with Gasteiger partial charge in [0.1, 0.15) is 12.2 Å². The fraction of sp³-hybridized carbons (Fsp3) is 0.812. The van der Waals surface area contributed by atoms with Gasteiger partial charge >= 0.3 is 0 Å². The minimum atomic E-state index is -1.11. The molecule has 0 aromatic rings. The van der Waals surface area contributed by atoms with Crippen LogP contribution in [0.25, 0.3) is 0 Å². The zero-order valence-corrected chi connectivity index (χ0v) is 13.2. The molecule has 23 heavy (non-hydrogen) atoms. The van der Waals surface area contributed by atoms with E-state index in [9.17, 15) is 14.0 Å². The molecule has 1 heterocycles. The maximum atomic E-state index is 13.4. The van der Waals surface area contributed by atoms with Crippen LogP contribution in [0, 0.1) is 16.7 Å². The van der Waals surface area contributed by atoms with Gasteiger partial charge < -0.3 is 16.0 Å². The third kappa shape index (κ3) is 2.80. The van der Waals surface area contributed by atoms with E-state index in [4.69, 9.17) is 11.0 Å². The number of nitrogens with one attached hydrogen (secondary N) is 1. The van der Waals surface area contributed by atoms with Crippen LogP contribution >= 0.6 is 0 Å². The molecule has 4 aliphatic rings. The Kier molecular flexibility index (Phi) is 4.05. The number of halogens is 1. The fourth-order valence-electron chi connectivity index (χ4n) is 4.37. The highest BCUT2D eigenvalue weighted by Crippen LogP contribution is 2.52. The van der Waals surface area contributed by atoms with Gasteiger partial charge in [-0.05, 0) is 38.5 Å². The van der Waals surface area contributed by atoms with Gasteiger partial charge in [-0.15, -0.1) is 0 Å². The van der Waals surface area contributed by atoms with Crippen molar-refractivity contribution in [3.8, 4) is 6.07 Å². The Morgan fingerprint density at radius 3 is 2.39 bits per heavy atom. The summed E-state index contributed by atoms with van der Waals surface area (Å²) in [5.74, 6) is -0.423. The number of hydrogen-bond donors (Lipinski definition) is 2. The van der Waals surface area contributed by atoms with Crippen molar-refractivity contribution in [2.45, 2.75) is 62.7 Å². The van der Waals surface area contributed by atoms with Gasteiger partial charge in [-0.25, -0.2) is 4.39 Å². The number of nitriles is 1. The fourth-order valence-corrected chi connectivity index (χ4v) is 4.37. The lowest BCUT2D eigenvalue weighted by Gasteiger charge is -2.52. The summed E-state index contributed by atoms with van der Waals surface area (Å²) in [5.41, 5.74) is 5.07. The van der Waals surface area contributed by atoms with Crippen LogP contribution in [0.2, 0.25) is 0 Å². The molecule has 7 heteroatoms. The van der Waals surface area contributed by atoms with E-state index in [2.05, 4.69) is 5.32 Å². The summed E-state index contributed by atoms with van der Waals surface area (Å²) in [6.45, 7) is 0.130. The number of fused-ring (bicyclic) bond motifs is 3. The average molecular weight is 322 g/mol. The number of carbonyl (C=O) groups is 2. The quantitative estimate of drug-likeness (QED) is 0.792. The molecule has 2 amide bonds. The normalized spacial score (nSPS) is 39.2. The van der Waals surface area contributed by atoms with Crippen LogP contribution in [0.1, 0.15) is 44.9 Å². The summed E-state index contributed by atoms with van der Waals surface area (Å²) < 4.78 is 13.4. The highest BCUT2D eigenvalue weighted by molar-refractivity contribution is 5.81. The maximum Gasteiger partial charge on any atom is 0.237 e. The standard InChI is InChI=1S/C16H23FN4O2/c17-11-7-12(8-18)21(10-11)13(22)9-20-16-4-1-15(2-5-16,3-6-16)14(19)23/h11-12,20H,1-7,9-10H2,(H2,19,23)/t11-,12-,15?,16?/m0/s1. The lowest BCUT2D eigenvalue weighted by Crippen LogP contribution is -2.59. The second-order valence-corrected chi connectivity index (χ2v) is 7.30. The lowest BCUT2D eigenvalue weighted by atomic mass is 9.57. The van der Waals surface area contributed by atoms with Gasteiger partial charge in [0.15, 0.2) is 0 Å². The second-order valence-electron chi connectivity index (χ2n) is 7.30. The van der Waals surface area contributed by atoms with Crippen molar-refractivity contribution in [3.63, 3.8) is 0 Å². The summed E-state index contributed by atoms with van der Waals surface area (Å²) in [6, 6.07) is 1.34. The zero-order valence-electron chi connectivity index (χ0n) is 13.2. The summed E-state index contributed by atoms with van der Waals surface area (Å²) in [5, 5.41) is 12.4. The number of primary amides is 1. The molecule has 0 radical (unpaired) electrons. The number of rotatable bonds is 4. The monoisotopic (exact) mass is 322 g/mol. The number of carbonyl (C=O) groups excluding carboxylic acids is 2. The van der Waals surface area contributed by atoms with Crippen LogP contribution in [0.15, 0.2) is 0 Å². The maximum absolute atomic E-state index is 13.4. The predicted octanol–water partition coefficient (Wildman–Crippen LogP) is 0.617. The first-order valence-corrected chi connectivity index (χ1v) is 8.28. The lowest BCUT2D eigenvalue weighted by molar-refractivity contribution is -0.136. The Morgan fingerprint density at radius 1 is 1.26 bits per heavy atom. The van der Waals surface area contributed by atoms with Crippen molar-refractivity contribution in [1.29, 1.82) is 5.26 Å². The van der Waals surface area contributed by atoms with Gasteiger partial charge in [0.25, 0.3) is 0 Å². The molecule has 3 saturated carbocycles. The summed E-state index contributed by atoms with van der Waals surface area (Å²) in [4.78, 5) is 25.3. The number of nitrogens with zero attached hydrogens (tertiary/aromatic N) is 2. The largest absolute Gasteiger partial charge is 0.369 e. The average Bonchev–Trinajstić information content (AvgIpc) is 2.95. The van der Waals surface area contributed by atoms with Crippen molar-refractivity contribution in [2.24, 2.45) is 11.1 Å². The molecule has 6 nitrogen and oxygen atoms in total. The van der Waals surface area contributed by atoms with Gasteiger partial charge in [-0.1, -0.05) is 0 Å². The summed E-state index contributed by atoms with van der Waals surface area (Å²) >= 11 is 0. The second kappa shape index (κ2) is 5.75. The Balaban J connectivity index is 1.57. The van der Waals surface area contributed by atoms with Crippen molar-refractivity contribution >= 4 is 11.8 Å². The zero-order chi connectivity index (χ0) is 16.7. The van der Waals surface area contributed by atoms with E-state index in [1.807, 2.05) is 6.07 Å². The molecule has 4 fully saturated rings. The van der Waals surface area contributed by atoms with Crippen LogP contribution in [0.5, 0.6) is 0 Å². The Morgan fingerprint density at radius 2 is 1.87 bits per heavy atom. The van der Waals surface area contributed by atoms with Crippen LogP contribution < -0.4 is 11.1 Å². The highest BCUT2D eigenvalue weighted by Gasteiger charge is 2.51. The molecule has 126 valence electrons. The highest BCUT2D eigenvalue weighted by atomic mass is 19.1. The first-order chi connectivity index (χ1) is 10.9. The molecule has 3 N–H and O–H groups in total. The Labute approximate surface area is 135 Å². The van der Waals surface area contributed by atoms with Crippen molar-refractivity contribution < 1.29 is 14.0 Å². The summed E-state index contributed by atoms with van der Waals surface area (Å²) in [7, 11) is 0. The van der Waals surface area contributed by atoms with Crippen LogP contribution in [-0.2, 0) is 9.59 Å². The van der Waals surface area contributed by atoms with Crippen molar-refractivity contribution in [1.82, 2.24) is 10.2 Å².